The lowest BCUT2D eigenvalue weighted by atomic mass is 9.98. The monoisotopic (exact) mass is 263 g/mol. The van der Waals surface area contributed by atoms with Crippen LogP contribution in [-0.2, 0) is 16.6 Å². The number of aryl methyl sites for hydroxylation is 1. The van der Waals surface area contributed by atoms with Crippen LogP contribution < -0.4 is 0 Å². The van der Waals surface area contributed by atoms with Crippen molar-refractivity contribution >= 4 is 16.9 Å². The molecule has 0 spiro atoms. The molecule has 0 bridgehead atoms. The van der Waals surface area contributed by atoms with Gasteiger partial charge < -0.3 is 14.4 Å². The van der Waals surface area contributed by atoms with Crippen molar-refractivity contribution < 1.29 is 14.6 Å². The van der Waals surface area contributed by atoms with E-state index in [-0.39, 0.29) is 11.9 Å². The minimum absolute atomic E-state index is 0.190. The van der Waals surface area contributed by atoms with Gasteiger partial charge in [-0.25, -0.2) is 0 Å². The zero-order valence-corrected chi connectivity index (χ0v) is 12.1. The highest BCUT2D eigenvalue weighted by molar-refractivity contribution is 5.91. The number of fused-ring (bicyclic) bond motifs is 1. The van der Waals surface area contributed by atoms with Gasteiger partial charge in [0.15, 0.2) is 0 Å². The summed E-state index contributed by atoms with van der Waals surface area (Å²) in [5, 5.41) is 8.13. The van der Waals surface area contributed by atoms with Crippen molar-refractivity contribution in [3.63, 3.8) is 0 Å². The average molecular weight is 263 g/mol. The van der Waals surface area contributed by atoms with Gasteiger partial charge in [-0.15, -0.1) is 0 Å². The van der Waals surface area contributed by atoms with E-state index >= 15 is 0 Å². The van der Waals surface area contributed by atoms with Crippen LogP contribution >= 0.6 is 0 Å². The van der Waals surface area contributed by atoms with Crippen molar-refractivity contribution in [2.75, 3.05) is 14.2 Å². The Morgan fingerprint density at radius 3 is 2.47 bits per heavy atom. The maximum Gasteiger partial charge on any atom is 0.312 e. The number of hydrogen-bond donors (Lipinski definition) is 1. The van der Waals surface area contributed by atoms with Crippen LogP contribution in [0.4, 0.5) is 0 Å². The molecule has 2 aromatic rings. The number of rotatable bonds is 2. The molecule has 0 radical (unpaired) electrons. The summed E-state index contributed by atoms with van der Waals surface area (Å²) in [4.78, 5) is 11.7. The third kappa shape index (κ3) is 2.63. The first-order chi connectivity index (χ1) is 9.07. The molecule has 1 N–H and O–H groups in total. The number of nitrogens with zero attached hydrogens (tertiary/aromatic N) is 1. The highest BCUT2D eigenvalue weighted by Gasteiger charge is 2.23. The van der Waals surface area contributed by atoms with E-state index in [9.17, 15) is 4.79 Å². The largest absolute Gasteiger partial charge is 0.469 e. The van der Waals surface area contributed by atoms with Gasteiger partial charge in [-0.05, 0) is 25.5 Å². The average Bonchev–Trinajstić information content (AvgIpc) is 2.72. The summed E-state index contributed by atoms with van der Waals surface area (Å²) in [7, 11) is 4.45. The molecular formula is C15H21NO3. The van der Waals surface area contributed by atoms with Gasteiger partial charge in [0, 0.05) is 30.8 Å². The maximum absolute atomic E-state index is 11.7. The number of carbonyl (C=O) groups excluding carboxylic acids is 1. The lowest BCUT2D eigenvalue weighted by Crippen LogP contribution is -2.11. The maximum atomic E-state index is 11.7. The second-order valence-corrected chi connectivity index (χ2v) is 4.32. The smallest absolute Gasteiger partial charge is 0.312 e. The molecule has 0 aliphatic heterocycles. The summed E-state index contributed by atoms with van der Waals surface area (Å²) in [6.45, 7) is 3.93. The molecule has 19 heavy (non-hydrogen) atoms. The third-order valence-electron chi connectivity index (χ3n) is 3.44. The highest BCUT2D eigenvalue weighted by atomic mass is 16.5. The second kappa shape index (κ2) is 6.38. The van der Waals surface area contributed by atoms with Gasteiger partial charge in [0.1, 0.15) is 0 Å². The van der Waals surface area contributed by atoms with Gasteiger partial charge in [-0.2, -0.15) is 0 Å². The first-order valence-corrected chi connectivity index (χ1v) is 6.14. The number of esters is 1. The molecule has 0 aliphatic carbocycles. The van der Waals surface area contributed by atoms with Crippen molar-refractivity contribution in [2.24, 2.45) is 7.05 Å². The Kier molecular flexibility index (Phi) is 5.12. The summed E-state index contributed by atoms with van der Waals surface area (Å²) in [5.74, 6) is -0.421. The molecule has 0 amide bonds. The number of aliphatic hydroxyl groups is 1. The van der Waals surface area contributed by atoms with Gasteiger partial charge in [-0.1, -0.05) is 18.2 Å². The van der Waals surface area contributed by atoms with Crippen LogP contribution in [0, 0.1) is 6.92 Å². The predicted molar refractivity (Wildman–Crippen MR) is 76.2 cm³/mol. The lowest BCUT2D eigenvalue weighted by Gasteiger charge is -2.10. The van der Waals surface area contributed by atoms with Gasteiger partial charge >= 0.3 is 5.97 Å². The Morgan fingerprint density at radius 2 is 1.89 bits per heavy atom. The standard InChI is InChI=1S/C14H17NO2.CH4O/c1-9(14(16)17-4)13-10(2)15(3)12-8-6-5-7-11(12)13;1-2/h5-9H,1-4H3;2H,1H3. The molecule has 1 aromatic carbocycles. The Labute approximate surface area is 113 Å². The zero-order valence-electron chi connectivity index (χ0n) is 12.1. The van der Waals surface area contributed by atoms with Gasteiger partial charge in [0.05, 0.1) is 13.0 Å². The summed E-state index contributed by atoms with van der Waals surface area (Å²) < 4.78 is 6.95. The van der Waals surface area contributed by atoms with Crippen molar-refractivity contribution in [1.82, 2.24) is 4.57 Å². The lowest BCUT2D eigenvalue weighted by molar-refractivity contribution is -0.141. The van der Waals surface area contributed by atoms with Crippen molar-refractivity contribution in [3.8, 4) is 0 Å². The van der Waals surface area contributed by atoms with E-state index < -0.39 is 0 Å². The van der Waals surface area contributed by atoms with Crippen molar-refractivity contribution in [2.45, 2.75) is 19.8 Å². The minimum Gasteiger partial charge on any atom is -0.469 e. The fourth-order valence-electron chi connectivity index (χ4n) is 2.39. The topological polar surface area (TPSA) is 51.5 Å². The molecule has 1 atom stereocenters. The Bertz CT molecular complexity index is 572. The van der Waals surface area contributed by atoms with Gasteiger partial charge in [0.25, 0.3) is 0 Å². The summed E-state index contributed by atoms with van der Waals surface area (Å²) in [5.41, 5.74) is 3.33. The van der Waals surface area contributed by atoms with Crippen LogP contribution in [-0.4, -0.2) is 29.9 Å². The molecule has 0 saturated carbocycles. The molecular weight excluding hydrogens is 242 g/mol. The van der Waals surface area contributed by atoms with E-state index in [0.29, 0.717) is 0 Å². The van der Waals surface area contributed by atoms with Gasteiger partial charge in [0.2, 0.25) is 0 Å². The molecule has 4 nitrogen and oxygen atoms in total. The summed E-state index contributed by atoms with van der Waals surface area (Å²) in [6, 6.07) is 8.12. The van der Waals surface area contributed by atoms with Crippen LogP contribution in [0.25, 0.3) is 10.9 Å². The molecule has 1 heterocycles. The zero-order chi connectivity index (χ0) is 14.6. The molecule has 0 aliphatic rings. The fourth-order valence-corrected chi connectivity index (χ4v) is 2.39. The molecule has 2 rings (SSSR count). The Hall–Kier alpha value is -1.81. The van der Waals surface area contributed by atoms with Gasteiger partial charge in [-0.3, -0.25) is 4.79 Å². The van der Waals surface area contributed by atoms with Crippen LogP contribution in [0.15, 0.2) is 24.3 Å². The van der Waals surface area contributed by atoms with Crippen LogP contribution in [0.1, 0.15) is 24.1 Å². The first kappa shape index (κ1) is 15.2. The molecule has 4 heteroatoms. The Morgan fingerprint density at radius 1 is 1.32 bits per heavy atom. The van der Waals surface area contributed by atoms with E-state index in [1.165, 1.54) is 7.11 Å². The Balaban J connectivity index is 0.000000861. The number of carbonyl (C=O) groups is 1. The van der Waals surface area contributed by atoms with Crippen LogP contribution in [0.5, 0.6) is 0 Å². The van der Waals surface area contributed by atoms with Crippen molar-refractivity contribution in [1.29, 1.82) is 0 Å². The number of aliphatic hydroxyl groups excluding tert-OH is 1. The predicted octanol–water partition coefficient (Wildman–Crippen LogP) is 2.37. The molecule has 1 aromatic heterocycles. The van der Waals surface area contributed by atoms with E-state index in [0.717, 1.165) is 29.3 Å². The summed E-state index contributed by atoms with van der Waals surface area (Å²) in [6.07, 6.45) is 0. The normalized spacial score (nSPS) is 11.7. The number of hydrogen-bond acceptors (Lipinski definition) is 3. The van der Waals surface area contributed by atoms with Crippen LogP contribution in [0.3, 0.4) is 0 Å². The quantitative estimate of drug-likeness (QED) is 0.846. The number of aromatic nitrogens is 1. The minimum atomic E-state index is -0.230. The van der Waals surface area contributed by atoms with E-state index in [2.05, 4.69) is 16.7 Å². The number of methoxy groups -OCH3 is 1. The van der Waals surface area contributed by atoms with E-state index in [1.807, 2.05) is 33.0 Å². The molecule has 1 unspecified atom stereocenters. The SMILES string of the molecule is CO.COC(=O)C(C)c1c(C)n(C)c2ccccc12. The molecule has 104 valence electrons. The van der Waals surface area contributed by atoms with Crippen molar-refractivity contribution in [3.05, 3.63) is 35.5 Å². The second-order valence-electron chi connectivity index (χ2n) is 4.32. The first-order valence-electron chi connectivity index (χ1n) is 6.14. The number of ether oxygens (including phenoxy) is 1. The highest BCUT2D eigenvalue weighted by Crippen LogP contribution is 2.31. The fraction of sp³-hybridized carbons (Fsp3) is 0.400. The van der Waals surface area contributed by atoms with E-state index in [4.69, 9.17) is 9.84 Å². The number of para-hydroxylation sites is 1. The van der Waals surface area contributed by atoms with E-state index in [1.54, 1.807) is 0 Å². The molecule has 0 fully saturated rings. The number of benzene rings is 1. The molecule has 0 saturated heterocycles. The third-order valence-corrected chi connectivity index (χ3v) is 3.44. The summed E-state index contributed by atoms with van der Waals surface area (Å²) >= 11 is 0. The van der Waals surface area contributed by atoms with Crippen LogP contribution in [0.2, 0.25) is 0 Å².